The Kier molecular flexibility index (Phi) is 3.61. The first-order chi connectivity index (χ1) is 9.28. The Bertz CT molecular complexity index is 582. The molecule has 0 bridgehead atoms. The number of piperidine rings is 1. The van der Waals surface area contributed by atoms with Gasteiger partial charge in [-0.3, -0.25) is 4.98 Å². The van der Waals surface area contributed by atoms with Crippen LogP contribution in [0.2, 0.25) is 0 Å². The van der Waals surface area contributed by atoms with E-state index in [1.165, 1.54) is 23.9 Å². The zero-order valence-corrected chi connectivity index (χ0v) is 12.0. The van der Waals surface area contributed by atoms with Gasteiger partial charge in [0.1, 0.15) is 0 Å². The van der Waals surface area contributed by atoms with Crippen molar-refractivity contribution < 1.29 is 0 Å². The zero-order valence-electron chi connectivity index (χ0n) is 11.3. The van der Waals surface area contributed by atoms with E-state index >= 15 is 0 Å². The third-order valence-electron chi connectivity index (χ3n) is 3.90. The lowest BCUT2D eigenvalue weighted by Gasteiger charge is -2.34. The van der Waals surface area contributed by atoms with E-state index in [4.69, 9.17) is 11.6 Å². The summed E-state index contributed by atoms with van der Waals surface area (Å²) in [4.78, 5) is 7.10. The normalized spacial score (nSPS) is 19.9. The van der Waals surface area contributed by atoms with E-state index in [9.17, 15) is 0 Å². The molecule has 2 nitrogen and oxygen atoms in total. The Morgan fingerprint density at radius 2 is 2.21 bits per heavy atom. The predicted molar refractivity (Wildman–Crippen MR) is 82.1 cm³/mol. The molecular weight excluding hydrogens is 256 g/mol. The molecule has 1 aromatic heterocycles. The number of benzene rings is 1. The number of halogens is 1. The van der Waals surface area contributed by atoms with Crippen molar-refractivity contribution in [2.45, 2.75) is 19.8 Å². The highest BCUT2D eigenvalue weighted by Gasteiger charge is 2.21. The summed E-state index contributed by atoms with van der Waals surface area (Å²) in [5.74, 6) is 1.38. The highest BCUT2D eigenvalue weighted by molar-refractivity contribution is 6.18. The van der Waals surface area contributed by atoms with E-state index < -0.39 is 0 Å². The van der Waals surface area contributed by atoms with Crippen LogP contribution >= 0.6 is 11.6 Å². The lowest BCUT2D eigenvalue weighted by molar-refractivity contribution is 0.451. The van der Waals surface area contributed by atoms with Crippen LogP contribution in [0.4, 0.5) is 5.69 Å². The smallest absolute Gasteiger partial charge is 0.0726 e. The molecule has 19 heavy (non-hydrogen) atoms. The Hall–Kier alpha value is -1.28. The number of para-hydroxylation sites is 1. The van der Waals surface area contributed by atoms with E-state index in [-0.39, 0.29) is 0 Å². The van der Waals surface area contributed by atoms with Gasteiger partial charge in [-0.05, 0) is 37.8 Å². The summed E-state index contributed by atoms with van der Waals surface area (Å²) in [7, 11) is 0. The van der Waals surface area contributed by atoms with Crippen LogP contribution in [0.3, 0.4) is 0 Å². The van der Waals surface area contributed by atoms with Gasteiger partial charge >= 0.3 is 0 Å². The molecule has 1 aromatic carbocycles. The van der Waals surface area contributed by atoms with Crippen LogP contribution in [-0.4, -0.2) is 24.0 Å². The molecule has 0 saturated carbocycles. The highest BCUT2D eigenvalue weighted by atomic mass is 35.5. The van der Waals surface area contributed by atoms with Gasteiger partial charge in [-0.25, -0.2) is 0 Å². The molecule has 1 unspecified atom stereocenters. The molecule has 2 heterocycles. The summed E-state index contributed by atoms with van der Waals surface area (Å²) < 4.78 is 0. The molecule has 3 rings (SSSR count). The molecule has 1 fully saturated rings. The van der Waals surface area contributed by atoms with Crippen molar-refractivity contribution in [1.82, 2.24) is 4.98 Å². The van der Waals surface area contributed by atoms with Crippen LogP contribution in [0, 0.1) is 12.8 Å². The second kappa shape index (κ2) is 5.38. The number of hydrogen-bond acceptors (Lipinski definition) is 2. The SMILES string of the molecule is Cc1cc(N2CCCC(CCl)C2)c2ccccc2n1. The number of rotatable bonds is 2. The predicted octanol–water partition coefficient (Wildman–Crippen LogP) is 4.00. The quantitative estimate of drug-likeness (QED) is 0.770. The summed E-state index contributed by atoms with van der Waals surface area (Å²) in [5, 5.41) is 1.25. The maximum absolute atomic E-state index is 6.04. The third-order valence-corrected chi connectivity index (χ3v) is 4.34. The first kappa shape index (κ1) is 12.7. The molecule has 0 N–H and O–H groups in total. The molecule has 1 atom stereocenters. The fraction of sp³-hybridized carbons (Fsp3) is 0.438. The van der Waals surface area contributed by atoms with Crippen molar-refractivity contribution in [3.8, 4) is 0 Å². The van der Waals surface area contributed by atoms with Crippen LogP contribution in [-0.2, 0) is 0 Å². The van der Waals surface area contributed by atoms with Crippen molar-refractivity contribution in [2.24, 2.45) is 5.92 Å². The molecule has 1 aliphatic rings. The number of nitrogens with zero attached hydrogens (tertiary/aromatic N) is 2. The van der Waals surface area contributed by atoms with Gasteiger partial charge < -0.3 is 4.90 Å². The second-order valence-corrected chi connectivity index (χ2v) is 5.72. The first-order valence-corrected chi connectivity index (χ1v) is 7.48. The van der Waals surface area contributed by atoms with Gasteiger partial charge in [-0.2, -0.15) is 0 Å². The minimum absolute atomic E-state index is 0.614. The van der Waals surface area contributed by atoms with Gasteiger partial charge in [-0.1, -0.05) is 18.2 Å². The van der Waals surface area contributed by atoms with Crippen LogP contribution in [0.5, 0.6) is 0 Å². The number of alkyl halides is 1. The number of anilines is 1. The molecule has 1 aliphatic heterocycles. The van der Waals surface area contributed by atoms with Crippen molar-refractivity contribution in [3.63, 3.8) is 0 Å². The van der Waals surface area contributed by atoms with Crippen LogP contribution in [0.1, 0.15) is 18.5 Å². The third kappa shape index (κ3) is 2.55. The first-order valence-electron chi connectivity index (χ1n) is 6.95. The molecule has 0 radical (unpaired) electrons. The molecule has 3 heteroatoms. The largest absolute Gasteiger partial charge is 0.371 e. The minimum atomic E-state index is 0.614. The summed E-state index contributed by atoms with van der Waals surface area (Å²) in [5.41, 5.74) is 3.49. The van der Waals surface area contributed by atoms with Crippen LogP contribution < -0.4 is 4.90 Å². The van der Waals surface area contributed by atoms with Gasteiger partial charge in [0, 0.05) is 35.7 Å². The average molecular weight is 275 g/mol. The number of fused-ring (bicyclic) bond motifs is 1. The lowest BCUT2D eigenvalue weighted by atomic mass is 9.98. The van der Waals surface area contributed by atoms with Crippen molar-refractivity contribution in [1.29, 1.82) is 0 Å². The minimum Gasteiger partial charge on any atom is -0.371 e. The van der Waals surface area contributed by atoms with Crippen LogP contribution in [0.25, 0.3) is 10.9 Å². The molecule has 2 aromatic rings. The molecule has 100 valence electrons. The number of aromatic nitrogens is 1. The summed E-state index contributed by atoms with van der Waals surface area (Å²) in [6.45, 7) is 4.26. The number of hydrogen-bond donors (Lipinski definition) is 0. The Balaban J connectivity index is 2.03. The lowest BCUT2D eigenvalue weighted by Crippen LogP contribution is -2.36. The van der Waals surface area contributed by atoms with Gasteiger partial charge in [0.15, 0.2) is 0 Å². The number of aryl methyl sites for hydroxylation is 1. The van der Waals surface area contributed by atoms with Crippen molar-refractivity contribution in [2.75, 3.05) is 23.9 Å². The zero-order chi connectivity index (χ0) is 13.2. The maximum Gasteiger partial charge on any atom is 0.0726 e. The summed E-state index contributed by atoms with van der Waals surface area (Å²) >= 11 is 6.04. The Labute approximate surface area is 119 Å². The second-order valence-electron chi connectivity index (χ2n) is 5.41. The van der Waals surface area contributed by atoms with Gasteiger partial charge in [0.2, 0.25) is 0 Å². The topological polar surface area (TPSA) is 16.1 Å². The van der Waals surface area contributed by atoms with Gasteiger partial charge in [0.25, 0.3) is 0 Å². The molecule has 1 saturated heterocycles. The Morgan fingerprint density at radius 3 is 3.05 bits per heavy atom. The van der Waals surface area contributed by atoms with E-state index in [2.05, 4.69) is 47.1 Å². The van der Waals surface area contributed by atoms with E-state index in [0.29, 0.717) is 5.92 Å². The standard InChI is InChI=1S/C16H19ClN2/c1-12-9-16(14-6-2-3-7-15(14)18-12)19-8-4-5-13(10-17)11-19/h2-3,6-7,9,13H,4-5,8,10-11H2,1H3. The average Bonchev–Trinajstić information content (AvgIpc) is 2.46. The van der Waals surface area contributed by atoms with Crippen molar-refractivity contribution in [3.05, 3.63) is 36.0 Å². The van der Waals surface area contributed by atoms with Crippen LogP contribution in [0.15, 0.2) is 30.3 Å². The van der Waals surface area contributed by atoms with Gasteiger partial charge in [-0.15, -0.1) is 11.6 Å². The maximum atomic E-state index is 6.04. The Morgan fingerprint density at radius 1 is 1.37 bits per heavy atom. The molecule has 0 amide bonds. The fourth-order valence-electron chi connectivity index (χ4n) is 2.96. The highest BCUT2D eigenvalue weighted by Crippen LogP contribution is 2.30. The number of pyridine rings is 1. The van der Waals surface area contributed by atoms with E-state index in [1.807, 2.05) is 0 Å². The molecule has 0 aliphatic carbocycles. The van der Waals surface area contributed by atoms with Gasteiger partial charge in [0.05, 0.1) is 5.52 Å². The summed E-state index contributed by atoms with van der Waals surface area (Å²) in [6, 6.07) is 10.6. The monoisotopic (exact) mass is 274 g/mol. The fourth-order valence-corrected chi connectivity index (χ4v) is 3.21. The van der Waals surface area contributed by atoms with Crippen molar-refractivity contribution >= 4 is 28.2 Å². The van der Waals surface area contributed by atoms with E-state index in [1.54, 1.807) is 0 Å². The van der Waals surface area contributed by atoms with E-state index in [0.717, 1.165) is 30.2 Å². The molecular formula is C16H19ClN2. The summed E-state index contributed by atoms with van der Waals surface area (Å²) in [6.07, 6.45) is 2.48. The molecule has 0 spiro atoms.